The Morgan fingerprint density at radius 2 is 1.82 bits per heavy atom. The molecular weight excluding hydrogens is 380 g/mol. The number of hydrogen-bond donors (Lipinski definition) is 0. The Bertz CT molecular complexity index is 857. The van der Waals surface area contributed by atoms with Crippen molar-refractivity contribution >= 4 is 27.6 Å². The quantitative estimate of drug-likeness (QED) is 0.714. The SMILES string of the molecule is C[C@@H]1CCC[C@H](C)N1C(=O)COC(=O)c1ccc2c(c1)CCCN2S(C)(=O)=O. The summed E-state index contributed by atoms with van der Waals surface area (Å²) in [6.07, 6.45) is 5.60. The smallest absolute Gasteiger partial charge is 0.338 e. The zero-order valence-electron chi connectivity index (χ0n) is 16.7. The largest absolute Gasteiger partial charge is 0.452 e. The molecule has 2 aliphatic rings. The van der Waals surface area contributed by atoms with Gasteiger partial charge in [0.15, 0.2) is 6.61 Å². The lowest BCUT2D eigenvalue weighted by Gasteiger charge is -2.38. The highest BCUT2D eigenvalue weighted by molar-refractivity contribution is 7.92. The molecule has 1 amide bonds. The highest BCUT2D eigenvalue weighted by Crippen LogP contribution is 2.30. The fourth-order valence-electron chi connectivity index (χ4n) is 4.23. The second-order valence-corrected chi connectivity index (χ2v) is 9.70. The monoisotopic (exact) mass is 408 g/mol. The summed E-state index contributed by atoms with van der Waals surface area (Å²) in [5.74, 6) is -0.737. The van der Waals surface area contributed by atoms with Gasteiger partial charge in [0.05, 0.1) is 17.5 Å². The van der Waals surface area contributed by atoms with Crippen LogP contribution in [0.2, 0.25) is 0 Å². The summed E-state index contributed by atoms with van der Waals surface area (Å²) in [6.45, 7) is 4.20. The van der Waals surface area contributed by atoms with Crippen molar-refractivity contribution in [3.05, 3.63) is 29.3 Å². The van der Waals surface area contributed by atoms with Crippen molar-refractivity contribution in [2.75, 3.05) is 23.7 Å². The van der Waals surface area contributed by atoms with Crippen LogP contribution in [0.4, 0.5) is 5.69 Å². The van der Waals surface area contributed by atoms with Gasteiger partial charge in [0, 0.05) is 18.6 Å². The minimum Gasteiger partial charge on any atom is -0.452 e. The molecule has 2 atom stereocenters. The van der Waals surface area contributed by atoms with Gasteiger partial charge in [-0.15, -0.1) is 0 Å². The van der Waals surface area contributed by atoms with Crippen LogP contribution in [0, 0.1) is 0 Å². The van der Waals surface area contributed by atoms with Crippen molar-refractivity contribution < 1.29 is 22.7 Å². The Morgan fingerprint density at radius 3 is 2.46 bits per heavy atom. The van der Waals surface area contributed by atoms with Gasteiger partial charge >= 0.3 is 5.97 Å². The average molecular weight is 409 g/mol. The van der Waals surface area contributed by atoms with E-state index in [0.29, 0.717) is 30.6 Å². The highest BCUT2D eigenvalue weighted by Gasteiger charge is 2.30. The van der Waals surface area contributed by atoms with Gasteiger partial charge in [0.2, 0.25) is 10.0 Å². The minimum absolute atomic E-state index is 0.153. The fraction of sp³-hybridized carbons (Fsp3) is 0.600. The number of hydrogen-bond acceptors (Lipinski definition) is 5. The number of carbonyl (C=O) groups is 2. The average Bonchev–Trinajstić information content (AvgIpc) is 2.64. The van der Waals surface area contributed by atoms with Crippen LogP contribution in [0.5, 0.6) is 0 Å². The zero-order valence-corrected chi connectivity index (χ0v) is 17.5. The molecular formula is C20H28N2O5S. The number of piperidine rings is 1. The van der Waals surface area contributed by atoms with E-state index in [4.69, 9.17) is 4.74 Å². The van der Waals surface area contributed by atoms with Crippen molar-refractivity contribution in [3.8, 4) is 0 Å². The molecule has 3 rings (SSSR count). The summed E-state index contributed by atoms with van der Waals surface area (Å²) in [7, 11) is -3.35. The van der Waals surface area contributed by atoms with Gasteiger partial charge in [-0.1, -0.05) is 0 Å². The number of fused-ring (bicyclic) bond motifs is 1. The third kappa shape index (κ3) is 4.32. The number of benzene rings is 1. The van der Waals surface area contributed by atoms with Crippen LogP contribution in [0.1, 0.15) is 55.5 Å². The molecule has 1 aromatic rings. The molecule has 8 heteroatoms. The van der Waals surface area contributed by atoms with E-state index in [9.17, 15) is 18.0 Å². The van der Waals surface area contributed by atoms with E-state index < -0.39 is 16.0 Å². The van der Waals surface area contributed by atoms with Crippen LogP contribution in [0.3, 0.4) is 0 Å². The summed E-state index contributed by atoms with van der Waals surface area (Å²) in [5, 5.41) is 0. The minimum atomic E-state index is -3.35. The maximum Gasteiger partial charge on any atom is 0.338 e. The lowest BCUT2D eigenvalue weighted by molar-refractivity contribution is -0.140. The molecule has 0 aromatic heterocycles. The van der Waals surface area contributed by atoms with Crippen LogP contribution >= 0.6 is 0 Å². The van der Waals surface area contributed by atoms with Gasteiger partial charge in [-0.3, -0.25) is 9.10 Å². The molecule has 2 heterocycles. The number of esters is 1. The molecule has 1 fully saturated rings. The number of carbonyl (C=O) groups excluding carboxylic acids is 2. The van der Waals surface area contributed by atoms with Crippen LogP contribution in [0.25, 0.3) is 0 Å². The third-order valence-electron chi connectivity index (χ3n) is 5.60. The number of nitrogens with zero attached hydrogens (tertiary/aromatic N) is 2. The van der Waals surface area contributed by atoms with E-state index in [-0.39, 0.29) is 24.6 Å². The van der Waals surface area contributed by atoms with Crippen molar-refractivity contribution in [2.24, 2.45) is 0 Å². The maximum absolute atomic E-state index is 12.5. The second-order valence-electron chi connectivity index (χ2n) is 7.79. The molecule has 0 unspecified atom stereocenters. The number of anilines is 1. The molecule has 0 saturated carbocycles. The summed E-state index contributed by atoms with van der Waals surface area (Å²) in [6, 6.07) is 5.18. The van der Waals surface area contributed by atoms with E-state index in [2.05, 4.69) is 0 Å². The first kappa shape index (κ1) is 20.6. The number of amides is 1. The Morgan fingerprint density at radius 1 is 1.14 bits per heavy atom. The summed E-state index contributed by atoms with van der Waals surface area (Å²) in [5.41, 5.74) is 1.75. The summed E-state index contributed by atoms with van der Waals surface area (Å²) in [4.78, 5) is 26.8. The molecule has 1 saturated heterocycles. The topological polar surface area (TPSA) is 84.0 Å². The lowest BCUT2D eigenvalue weighted by Crippen LogP contribution is -2.49. The van der Waals surface area contributed by atoms with Crippen LogP contribution < -0.4 is 4.31 Å². The Balaban J connectivity index is 1.68. The van der Waals surface area contributed by atoms with E-state index in [0.717, 1.165) is 24.8 Å². The van der Waals surface area contributed by atoms with Crippen LogP contribution in [-0.2, 0) is 26.0 Å². The molecule has 0 radical (unpaired) electrons. The maximum atomic E-state index is 12.5. The van der Waals surface area contributed by atoms with Crippen LogP contribution in [-0.4, -0.2) is 56.7 Å². The van der Waals surface area contributed by atoms with Gasteiger partial charge < -0.3 is 9.64 Å². The first-order chi connectivity index (χ1) is 13.2. The van der Waals surface area contributed by atoms with E-state index in [1.54, 1.807) is 18.2 Å². The molecule has 0 spiro atoms. The second kappa shape index (κ2) is 8.11. The zero-order chi connectivity index (χ0) is 20.5. The van der Waals surface area contributed by atoms with Gasteiger partial charge in [0.1, 0.15) is 0 Å². The Kier molecular flexibility index (Phi) is 5.98. The molecule has 2 aliphatic heterocycles. The Hall–Kier alpha value is -2.09. The van der Waals surface area contributed by atoms with Gasteiger partial charge in [-0.2, -0.15) is 0 Å². The Labute approximate surface area is 166 Å². The molecule has 28 heavy (non-hydrogen) atoms. The first-order valence-electron chi connectivity index (χ1n) is 9.77. The number of aryl methyl sites for hydroxylation is 1. The number of rotatable bonds is 4. The summed E-state index contributed by atoms with van der Waals surface area (Å²) >= 11 is 0. The van der Waals surface area contributed by atoms with E-state index in [1.165, 1.54) is 10.6 Å². The molecule has 0 N–H and O–H groups in total. The highest BCUT2D eigenvalue weighted by atomic mass is 32.2. The standard InChI is InChI=1S/C20H28N2O5S/c1-14-6-4-7-15(2)22(14)19(23)13-27-20(24)17-9-10-18-16(12-17)8-5-11-21(18)28(3,25)26/h9-10,12,14-15H,4-8,11,13H2,1-3H3/t14-,15+. The predicted octanol–water partition coefficient (Wildman–Crippen LogP) is 2.35. The van der Waals surface area contributed by atoms with Gasteiger partial charge in [-0.05, 0) is 69.7 Å². The van der Waals surface area contributed by atoms with E-state index in [1.807, 2.05) is 18.7 Å². The summed E-state index contributed by atoms with van der Waals surface area (Å²) < 4.78 is 30.5. The van der Waals surface area contributed by atoms with Gasteiger partial charge in [-0.25, -0.2) is 13.2 Å². The lowest BCUT2D eigenvalue weighted by atomic mass is 9.97. The first-order valence-corrected chi connectivity index (χ1v) is 11.6. The van der Waals surface area contributed by atoms with Crippen molar-refractivity contribution in [2.45, 2.75) is 58.0 Å². The number of ether oxygens (including phenoxy) is 1. The molecule has 154 valence electrons. The molecule has 1 aromatic carbocycles. The van der Waals surface area contributed by atoms with E-state index >= 15 is 0 Å². The molecule has 7 nitrogen and oxygen atoms in total. The molecule has 0 aliphatic carbocycles. The van der Waals surface area contributed by atoms with Gasteiger partial charge in [0.25, 0.3) is 5.91 Å². The van der Waals surface area contributed by atoms with Crippen molar-refractivity contribution in [1.82, 2.24) is 4.90 Å². The normalized spacial score (nSPS) is 22.5. The third-order valence-corrected chi connectivity index (χ3v) is 6.78. The predicted molar refractivity (Wildman–Crippen MR) is 107 cm³/mol. The van der Waals surface area contributed by atoms with Crippen LogP contribution in [0.15, 0.2) is 18.2 Å². The van der Waals surface area contributed by atoms with Crippen molar-refractivity contribution in [3.63, 3.8) is 0 Å². The number of likely N-dealkylation sites (tertiary alicyclic amines) is 1. The number of sulfonamides is 1. The fourth-order valence-corrected chi connectivity index (χ4v) is 5.23. The van der Waals surface area contributed by atoms with Crippen molar-refractivity contribution in [1.29, 1.82) is 0 Å². The molecule has 0 bridgehead atoms.